The van der Waals surface area contributed by atoms with Crippen LogP contribution in [0.25, 0.3) is 16.8 Å². The fraction of sp³-hybridized carbons (Fsp3) is 0.0417. The molecule has 4 aromatic rings. The fourth-order valence-corrected chi connectivity index (χ4v) is 4.38. The molecule has 0 saturated heterocycles. The van der Waals surface area contributed by atoms with Crippen molar-refractivity contribution in [2.45, 2.75) is 11.1 Å². The van der Waals surface area contributed by atoms with Crippen LogP contribution in [-0.2, 0) is 16.2 Å². The number of amidine groups is 1. The lowest BCUT2D eigenvalue weighted by Crippen LogP contribution is -2.18. The molecule has 38 heavy (non-hydrogen) atoms. The molecule has 0 fully saturated rings. The number of hydrogen-bond acceptors (Lipinski definition) is 5. The van der Waals surface area contributed by atoms with Crippen molar-refractivity contribution in [1.82, 2.24) is 9.78 Å². The van der Waals surface area contributed by atoms with Crippen LogP contribution in [0.4, 0.5) is 23.2 Å². The third kappa shape index (κ3) is 5.40. The number of sulfonamides is 1. The minimum absolute atomic E-state index is 0.0105. The van der Waals surface area contributed by atoms with Crippen LogP contribution >= 0.6 is 0 Å². The van der Waals surface area contributed by atoms with E-state index in [9.17, 15) is 30.8 Å². The maximum absolute atomic E-state index is 15.0. The molecule has 0 spiro atoms. The highest BCUT2D eigenvalue weighted by atomic mass is 32.2. The standard InChI is InChI=1S/C24H18F4N6O3S/c25-18-11-14(8-9-16(18)17-6-1-2-7-20(17)38(31,36)37)32-23(35)19-12-21(24(26,27)28)33-34(19)15-5-3-4-13(10-15)22(29)30/h1-12H,(H3,29,30)(H,32,35)(H2,31,36,37). The second-order valence-electron chi connectivity index (χ2n) is 7.98. The fourth-order valence-electron chi connectivity index (χ4n) is 3.63. The zero-order chi connectivity index (χ0) is 27.8. The number of rotatable bonds is 6. The first-order valence-corrected chi connectivity index (χ1v) is 12.2. The number of hydrogen-bond donors (Lipinski definition) is 4. The molecule has 0 atom stereocenters. The number of alkyl halides is 3. The van der Waals surface area contributed by atoms with Gasteiger partial charge in [-0.1, -0.05) is 30.3 Å². The Bertz CT molecular complexity index is 1680. The minimum Gasteiger partial charge on any atom is -0.384 e. The van der Waals surface area contributed by atoms with Gasteiger partial charge in [0.15, 0.2) is 5.69 Å². The molecule has 0 saturated carbocycles. The van der Waals surface area contributed by atoms with E-state index in [1.165, 1.54) is 60.7 Å². The first-order valence-electron chi connectivity index (χ1n) is 10.6. The van der Waals surface area contributed by atoms with Gasteiger partial charge in [0.25, 0.3) is 5.91 Å². The summed E-state index contributed by atoms with van der Waals surface area (Å²) in [6.07, 6.45) is -4.87. The predicted octanol–water partition coefficient (Wildman–Crippen LogP) is 3.88. The Hall–Kier alpha value is -4.56. The van der Waals surface area contributed by atoms with Gasteiger partial charge in [0.2, 0.25) is 10.0 Å². The average Bonchev–Trinajstić information content (AvgIpc) is 3.30. The summed E-state index contributed by atoms with van der Waals surface area (Å²) in [6, 6.07) is 14.9. The van der Waals surface area contributed by atoms with E-state index in [-0.39, 0.29) is 38.8 Å². The lowest BCUT2D eigenvalue weighted by molar-refractivity contribution is -0.141. The van der Waals surface area contributed by atoms with Gasteiger partial charge in [0, 0.05) is 28.4 Å². The van der Waals surface area contributed by atoms with Crippen LogP contribution < -0.4 is 16.2 Å². The Morgan fingerprint density at radius 2 is 1.68 bits per heavy atom. The van der Waals surface area contributed by atoms with Gasteiger partial charge in [-0.15, -0.1) is 0 Å². The molecule has 0 unspecified atom stereocenters. The maximum Gasteiger partial charge on any atom is 0.435 e. The van der Waals surface area contributed by atoms with E-state index >= 15 is 0 Å². The molecule has 196 valence electrons. The number of halogens is 4. The van der Waals surface area contributed by atoms with E-state index in [2.05, 4.69) is 10.4 Å². The molecule has 0 bridgehead atoms. The molecule has 0 aliphatic rings. The second kappa shape index (κ2) is 9.72. The van der Waals surface area contributed by atoms with E-state index in [4.69, 9.17) is 16.3 Å². The van der Waals surface area contributed by atoms with Gasteiger partial charge in [0.05, 0.1) is 10.6 Å². The Kier molecular flexibility index (Phi) is 6.78. The highest BCUT2D eigenvalue weighted by molar-refractivity contribution is 7.89. The maximum atomic E-state index is 15.0. The van der Waals surface area contributed by atoms with Crippen LogP contribution in [0.3, 0.4) is 0 Å². The van der Waals surface area contributed by atoms with Crippen molar-refractivity contribution in [3.63, 3.8) is 0 Å². The Balaban J connectivity index is 1.71. The molecule has 3 aromatic carbocycles. The third-order valence-electron chi connectivity index (χ3n) is 5.34. The Labute approximate surface area is 213 Å². The quantitative estimate of drug-likeness (QED) is 0.164. The molecule has 0 aliphatic carbocycles. The Morgan fingerprint density at radius 1 is 0.974 bits per heavy atom. The number of amides is 1. The van der Waals surface area contributed by atoms with Crippen molar-refractivity contribution in [3.8, 4) is 16.8 Å². The highest BCUT2D eigenvalue weighted by Crippen LogP contribution is 2.32. The first-order chi connectivity index (χ1) is 17.8. The number of anilines is 1. The van der Waals surface area contributed by atoms with Crippen molar-refractivity contribution in [3.05, 3.63) is 95.6 Å². The number of nitrogen functional groups attached to an aromatic ring is 1. The van der Waals surface area contributed by atoms with E-state index in [0.717, 1.165) is 10.7 Å². The zero-order valence-electron chi connectivity index (χ0n) is 19.1. The minimum atomic E-state index is -4.87. The van der Waals surface area contributed by atoms with Crippen LogP contribution in [0.1, 0.15) is 21.7 Å². The molecular weight excluding hydrogens is 528 g/mol. The van der Waals surface area contributed by atoms with E-state index < -0.39 is 39.3 Å². The normalized spacial score (nSPS) is 11.8. The summed E-state index contributed by atoms with van der Waals surface area (Å²) < 4.78 is 79.7. The van der Waals surface area contributed by atoms with Crippen LogP contribution in [0, 0.1) is 11.2 Å². The van der Waals surface area contributed by atoms with E-state index in [1.807, 2.05) is 0 Å². The SMILES string of the molecule is N=C(N)c1cccc(-n2nc(C(F)(F)F)cc2C(=O)Nc2ccc(-c3ccccc3S(N)(=O)=O)c(F)c2)c1. The number of primary sulfonamides is 1. The summed E-state index contributed by atoms with van der Waals surface area (Å²) in [7, 11) is -4.17. The number of nitrogens with zero attached hydrogens (tertiary/aromatic N) is 2. The largest absolute Gasteiger partial charge is 0.435 e. The summed E-state index contributed by atoms with van der Waals surface area (Å²) in [6.45, 7) is 0. The molecule has 1 amide bonds. The van der Waals surface area contributed by atoms with Crippen LogP contribution in [-0.4, -0.2) is 29.9 Å². The topological polar surface area (TPSA) is 157 Å². The first kappa shape index (κ1) is 26.5. The van der Waals surface area contributed by atoms with Crippen molar-refractivity contribution < 1.29 is 30.8 Å². The number of nitrogens with two attached hydrogens (primary N) is 2. The molecule has 1 heterocycles. The summed E-state index contributed by atoms with van der Waals surface area (Å²) >= 11 is 0. The molecular formula is C24H18F4N6O3S. The van der Waals surface area contributed by atoms with Gasteiger partial charge in [-0.3, -0.25) is 10.2 Å². The number of benzene rings is 3. The summed E-state index contributed by atoms with van der Waals surface area (Å²) in [5.74, 6) is -2.31. The number of nitrogens with one attached hydrogen (secondary N) is 2. The molecule has 1 aromatic heterocycles. The number of carbonyl (C=O) groups excluding carboxylic acids is 1. The van der Waals surface area contributed by atoms with E-state index in [1.54, 1.807) is 0 Å². The monoisotopic (exact) mass is 546 g/mol. The van der Waals surface area contributed by atoms with Gasteiger partial charge in [-0.05, 0) is 36.4 Å². The van der Waals surface area contributed by atoms with Crippen LogP contribution in [0.5, 0.6) is 0 Å². The van der Waals surface area contributed by atoms with Gasteiger partial charge in [-0.2, -0.15) is 18.3 Å². The van der Waals surface area contributed by atoms with Crippen molar-refractivity contribution >= 4 is 27.5 Å². The van der Waals surface area contributed by atoms with Gasteiger partial charge < -0.3 is 11.1 Å². The molecule has 4 rings (SSSR count). The van der Waals surface area contributed by atoms with E-state index in [0.29, 0.717) is 6.07 Å². The molecule has 14 heteroatoms. The van der Waals surface area contributed by atoms with Gasteiger partial charge in [-0.25, -0.2) is 22.6 Å². The van der Waals surface area contributed by atoms with Crippen molar-refractivity contribution in [1.29, 1.82) is 5.41 Å². The van der Waals surface area contributed by atoms with Gasteiger partial charge in [0.1, 0.15) is 17.3 Å². The van der Waals surface area contributed by atoms with Gasteiger partial charge >= 0.3 is 6.18 Å². The predicted molar refractivity (Wildman–Crippen MR) is 131 cm³/mol. The van der Waals surface area contributed by atoms with Crippen molar-refractivity contribution in [2.24, 2.45) is 10.9 Å². The smallest absolute Gasteiger partial charge is 0.384 e. The third-order valence-corrected chi connectivity index (χ3v) is 6.31. The molecule has 6 N–H and O–H groups in total. The molecule has 9 nitrogen and oxygen atoms in total. The lowest BCUT2D eigenvalue weighted by Gasteiger charge is -2.12. The van der Waals surface area contributed by atoms with Crippen LogP contribution in [0.2, 0.25) is 0 Å². The Morgan fingerprint density at radius 3 is 2.32 bits per heavy atom. The van der Waals surface area contributed by atoms with Crippen LogP contribution in [0.15, 0.2) is 77.7 Å². The average molecular weight is 547 g/mol. The molecule has 0 radical (unpaired) electrons. The zero-order valence-corrected chi connectivity index (χ0v) is 19.9. The molecule has 0 aliphatic heterocycles. The second-order valence-corrected chi connectivity index (χ2v) is 9.51. The summed E-state index contributed by atoms with van der Waals surface area (Å²) in [4.78, 5) is 12.7. The summed E-state index contributed by atoms with van der Waals surface area (Å²) in [5.41, 5.74) is 3.54. The van der Waals surface area contributed by atoms with Crippen molar-refractivity contribution in [2.75, 3.05) is 5.32 Å². The number of aromatic nitrogens is 2. The lowest BCUT2D eigenvalue weighted by atomic mass is 10.0. The highest BCUT2D eigenvalue weighted by Gasteiger charge is 2.36. The number of carbonyl (C=O) groups is 1. The summed E-state index contributed by atoms with van der Waals surface area (Å²) in [5, 5.41) is 18.6.